The summed E-state index contributed by atoms with van der Waals surface area (Å²) in [6, 6.07) is 6.83. The topological polar surface area (TPSA) is 175 Å². The minimum atomic E-state index is -1.74. The second-order valence-corrected chi connectivity index (χ2v) is 20.0. The van der Waals surface area contributed by atoms with Crippen LogP contribution >= 0.6 is 0 Å². The number of methoxy groups -OCH3 is 2. The van der Waals surface area contributed by atoms with Crippen LogP contribution in [0.4, 0.5) is 9.59 Å². The van der Waals surface area contributed by atoms with Crippen LogP contribution in [0.5, 0.6) is 0 Å². The molecule has 4 N–H and O–H groups in total. The van der Waals surface area contributed by atoms with Gasteiger partial charge in [-0.2, -0.15) is 0 Å². The van der Waals surface area contributed by atoms with Gasteiger partial charge in [-0.15, -0.1) is 0 Å². The molecule has 14 nitrogen and oxygen atoms in total. The number of benzene rings is 1. The molecule has 2 saturated heterocycles. The number of H-pyrrole nitrogens is 2. The predicted molar refractivity (Wildman–Crippen MR) is 197 cm³/mol. The Morgan fingerprint density at radius 1 is 0.827 bits per heavy atom. The van der Waals surface area contributed by atoms with E-state index in [9.17, 15) is 19.2 Å². The van der Waals surface area contributed by atoms with Gasteiger partial charge in [0.15, 0.2) is 0 Å². The molecule has 0 saturated carbocycles. The van der Waals surface area contributed by atoms with Crippen molar-refractivity contribution >= 4 is 32.1 Å². The van der Waals surface area contributed by atoms with Gasteiger partial charge in [-0.05, 0) is 54.3 Å². The Kier molecular flexibility index (Phi) is 11.8. The fourth-order valence-corrected chi connectivity index (χ4v) is 9.80. The minimum absolute atomic E-state index is 0.115. The van der Waals surface area contributed by atoms with Gasteiger partial charge in [0.05, 0.1) is 52.5 Å². The maximum absolute atomic E-state index is 13.8. The van der Waals surface area contributed by atoms with Crippen LogP contribution in [-0.4, -0.2) is 101 Å². The molecule has 278 valence electrons. The average molecular weight is 731 g/mol. The smallest absolute Gasteiger partial charge is 0.407 e. The zero-order valence-electron chi connectivity index (χ0n) is 31.2. The molecule has 15 heteroatoms. The highest BCUT2D eigenvalue weighted by Crippen LogP contribution is 2.38. The summed E-state index contributed by atoms with van der Waals surface area (Å²) in [5.74, 6) is 7.20. The lowest BCUT2D eigenvalue weighted by molar-refractivity contribution is -0.136. The fourth-order valence-electron chi connectivity index (χ4n) is 6.91. The molecule has 5 rings (SSSR count). The van der Waals surface area contributed by atoms with Crippen molar-refractivity contribution in [2.75, 3.05) is 26.9 Å². The normalized spacial score (nSPS) is 19.2. The highest BCUT2D eigenvalue weighted by atomic mass is 28.3. The number of aromatic amines is 2. The molecule has 2 aromatic heterocycles. The summed E-state index contributed by atoms with van der Waals surface area (Å²) < 4.78 is 9.51. The van der Waals surface area contributed by atoms with Gasteiger partial charge in [-0.25, -0.2) is 19.6 Å². The Labute approximate surface area is 305 Å². The molecule has 0 aliphatic carbocycles. The number of carbonyl (C=O) groups excluding carboxylic acids is 4. The van der Waals surface area contributed by atoms with E-state index < -0.39 is 32.3 Å². The van der Waals surface area contributed by atoms with E-state index in [1.54, 1.807) is 17.3 Å². The highest BCUT2D eigenvalue weighted by Gasteiger charge is 2.46. The third-order valence-electron chi connectivity index (χ3n) is 9.68. The summed E-state index contributed by atoms with van der Waals surface area (Å²) in [6.07, 6.45) is 4.46. The Balaban J connectivity index is 1.26. The van der Waals surface area contributed by atoms with Crippen molar-refractivity contribution in [1.82, 2.24) is 40.4 Å². The summed E-state index contributed by atoms with van der Waals surface area (Å²) in [5, 5.41) is 5.39. The van der Waals surface area contributed by atoms with E-state index in [2.05, 4.69) is 50.5 Å². The van der Waals surface area contributed by atoms with Crippen LogP contribution in [0, 0.1) is 23.7 Å². The second kappa shape index (κ2) is 16.1. The zero-order chi connectivity index (χ0) is 37.7. The molecule has 52 heavy (non-hydrogen) atoms. The number of ether oxygens (including phenoxy) is 2. The summed E-state index contributed by atoms with van der Waals surface area (Å²) in [7, 11) is 0.827. The van der Waals surface area contributed by atoms with E-state index in [1.165, 1.54) is 14.2 Å². The molecule has 0 spiro atoms. The standard InChI is InChI=1S/C37H50N8O6Si/c1-22(2)30(42-36(48)50-5)34(46)44-17-9-10-28(44)32-38-18-26(40-32)16-13-24-11-14-25(15-12-24)27-19-39-33(41-27)29-20-52(7,8)21-45(29)35(47)31(23(3)4)43-37(49)51-6/h11-12,14-15,18-19,22-23,28-31H,9-10,17,20-21H2,1-8H3,(H,38,40)(H,39,41)(H,42,48)(H,43,49)/t28-,29-,30-,31-/m0/s1. The summed E-state index contributed by atoms with van der Waals surface area (Å²) in [6.45, 7) is 12.7. The number of alkyl carbamates (subject to hydrolysis) is 2. The molecule has 1 aromatic carbocycles. The van der Waals surface area contributed by atoms with Gasteiger partial charge in [-0.1, -0.05) is 58.8 Å². The lowest BCUT2D eigenvalue weighted by atomic mass is 10.0. The zero-order valence-corrected chi connectivity index (χ0v) is 32.2. The Bertz CT molecular complexity index is 1820. The molecule has 4 atom stereocenters. The first-order valence-electron chi connectivity index (χ1n) is 17.7. The monoisotopic (exact) mass is 730 g/mol. The molecular weight excluding hydrogens is 681 g/mol. The van der Waals surface area contributed by atoms with E-state index >= 15 is 0 Å². The minimum Gasteiger partial charge on any atom is -0.453 e. The Morgan fingerprint density at radius 3 is 2.00 bits per heavy atom. The van der Waals surface area contributed by atoms with Crippen LogP contribution in [-0.2, 0) is 19.1 Å². The highest BCUT2D eigenvalue weighted by molar-refractivity contribution is 6.78. The SMILES string of the molecule is COC(=O)N[C@H](C(=O)N1CCC[C@H]1c1ncc(C#Cc2ccc(-c3cnc([C@@H]4C[Si](C)(C)CN4C(=O)[C@@H](NC(=O)OC)C(C)C)[nH]3)cc2)[nH]1)C(C)C. The number of rotatable bonds is 9. The van der Waals surface area contributed by atoms with Crippen LogP contribution in [0.2, 0.25) is 19.1 Å². The number of likely N-dealkylation sites (tertiary alicyclic amines) is 1. The molecular formula is C37H50N8O6Si. The lowest BCUT2D eigenvalue weighted by Crippen LogP contribution is -2.52. The maximum Gasteiger partial charge on any atom is 0.407 e. The van der Waals surface area contributed by atoms with Gasteiger partial charge < -0.3 is 39.9 Å². The van der Waals surface area contributed by atoms with Gasteiger partial charge in [0.1, 0.15) is 29.4 Å². The van der Waals surface area contributed by atoms with Gasteiger partial charge in [0, 0.05) is 18.3 Å². The lowest BCUT2D eigenvalue weighted by Gasteiger charge is -2.30. The van der Waals surface area contributed by atoms with Crippen LogP contribution in [0.25, 0.3) is 11.3 Å². The number of imidazole rings is 2. The third kappa shape index (κ3) is 8.67. The fraction of sp³-hybridized carbons (Fsp3) is 0.514. The van der Waals surface area contributed by atoms with Gasteiger partial charge in [-0.3, -0.25) is 9.59 Å². The van der Waals surface area contributed by atoms with E-state index in [4.69, 9.17) is 14.5 Å². The van der Waals surface area contributed by atoms with Crippen molar-refractivity contribution in [2.45, 2.75) is 83.8 Å². The molecule has 0 unspecified atom stereocenters. The van der Waals surface area contributed by atoms with Gasteiger partial charge >= 0.3 is 12.2 Å². The maximum atomic E-state index is 13.8. The number of hydrogen-bond acceptors (Lipinski definition) is 8. The number of amides is 4. The first kappa shape index (κ1) is 38.1. The number of hydrogen-bond donors (Lipinski definition) is 4. The number of nitrogens with one attached hydrogen (secondary N) is 4. The van der Waals surface area contributed by atoms with Crippen molar-refractivity contribution < 1.29 is 28.7 Å². The number of nitrogens with zero attached hydrogens (tertiary/aromatic N) is 4. The van der Waals surface area contributed by atoms with Crippen molar-refractivity contribution in [3.63, 3.8) is 0 Å². The summed E-state index contributed by atoms with van der Waals surface area (Å²) in [4.78, 5) is 70.8. The van der Waals surface area contributed by atoms with Crippen LogP contribution in [0.3, 0.4) is 0 Å². The van der Waals surface area contributed by atoms with Gasteiger partial charge in [0.25, 0.3) is 0 Å². The molecule has 2 fully saturated rings. The van der Waals surface area contributed by atoms with Crippen LogP contribution < -0.4 is 10.6 Å². The second-order valence-electron chi connectivity index (χ2n) is 14.9. The Hall–Kier alpha value is -5.10. The average Bonchev–Trinajstić information content (AvgIpc) is 3.94. The van der Waals surface area contributed by atoms with Crippen LogP contribution in [0.1, 0.15) is 75.5 Å². The van der Waals surface area contributed by atoms with Crippen molar-refractivity contribution in [3.05, 3.63) is 59.6 Å². The molecule has 4 amide bonds. The Morgan fingerprint density at radius 2 is 1.40 bits per heavy atom. The largest absolute Gasteiger partial charge is 0.453 e. The molecule has 4 heterocycles. The van der Waals surface area contributed by atoms with Crippen molar-refractivity contribution in [3.8, 4) is 23.1 Å². The molecule has 2 aliphatic heterocycles. The molecule has 2 aliphatic rings. The number of carbonyl (C=O) groups is 4. The summed E-state index contributed by atoms with van der Waals surface area (Å²) in [5.41, 5.74) is 3.20. The van der Waals surface area contributed by atoms with Crippen molar-refractivity contribution in [2.24, 2.45) is 11.8 Å². The molecule has 0 bridgehead atoms. The van der Waals surface area contributed by atoms with Crippen LogP contribution in [0.15, 0.2) is 36.7 Å². The van der Waals surface area contributed by atoms with E-state index in [0.29, 0.717) is 24.2 Å². The van der Waals surface area contributed by atoms with E-state index in [0.717, 1.165) is 41.5 Å². The first-order valence-corrected chi connectivity index (χ1v) is 21.1. The third-order valence-corrected chi connectivity index (χ3v) is 12.4. The van der Waals surface area contributed by atoms with Gasteiger partial charge in [0.2, 0.25) is 11.8 Å². The molecule has 3 aromatic rings. The first-order chi connectivity index (χ1) is 24.7. The summed E-state index contributed by atoms with van der Waals surface area (Å²) >= 11 is 0. The number of aromatic nitrogens is 4. The van der Waals surface area contributed by atoms with E-state index in [-0.39, 0.29) is 35.7 Å². The van der Waals surface area contributed by atoms with E-state index in [1.807, 2.05) is 56.9 Å². The predicted octanol–water partition coefficient (Wildman–Crippen LogP) is 4.76. The quantitative estimate of drug-likeness (QED) is 0.180. The molecule has 0 radical (unpaired) electrons. The van der Waals surface area contributed by atoms with Crippen molar-refractivity contribution in [1.29, 1.82) is 0 Å².